The third-order valence-electron chi connectivity index (χ3n) is 6.09. The standard InChI is InChI=1S/C23H26N6O2S/c1-14-8-16-10-19(32-22(16)18(9-14)31-3)20-17(12-29-21(20)23(24)25-13-26-29)11-27-4-6-28(7-5-27)15(2)30/h8-10,12-13H,4-7,11H2,1-3H3,(H2,24,25,26). The molecular weight excluding hydrogens is 424 g/mol. The highest BCUT2D eigenvalue weighted by Crippen LogP contribution is 2.43. The van der Waals surface area contributed by atoms with E-state index in [2.05, 4.69) is 40.1 Å². The zero-order chi connectivity index (χ0) is 22.4. The predicted molar refractivity (Wildman–Crippen MR) is 127 cm³/mol. The number of piperazine rings is 1. The summed E-state index contributed by atoms with van der Waals surface area (Å²) in [5.41, 5.74) is 10.5. The Morgan fingerprint density at radius 1 is 1.22 bits per heavy atom. The second-order valence-electron chi connectivity index (χ2n) is 8.25. The summed E-state index contributed by atoms with van der Waals surface area (Å²) in [5.74, 6) is 1.48. The van der Waals surface area contributed by atoms with E-state index in [4.69, 9.17) is 10.5 Å². The van der Waals surface area contributed by atoms with Crippen molar-refractivity contribution < 1.29 is 9.53 Å². The third-order valence-corrected chi connectivity index (χ3v) is 7.27. The molecule has 0 saturated carbocycles. The summed E-state index contributed by atoms with van der Waals surface area (Å²) in [5, 5.41) is 5.56. The number of carbonyl (C=O) groups excluding carboxylic acids is 1. The molecule has 1 aliphatic rings. The number of ether oxygens (including phenoxy) is 1. The molecule has 166 valence electrons. The molecule has 1 amide bonds. The van der Waals surface area contributed by atoms with Crippen LogP contribution < -0.4 is 10.5 Å². The van der Waals surface area contributed by atoms with Gasteiger partial charge in [-0.1, -0.05) is 6.07 Å². The summed E-state index contributed by atoms with van der Waals surface area (Å²) in [6.45, 7) is 7.64. The molecule has 4 aromatic rings. The third kappa shape index (κ3) is 3.57. The summed E-state index contributed by atoms with van der Waals surface area (Å²) in [6, 6.07) is 6.44. The second kappa shape index (κ2) is 8.07. The Morgan fingerprint density at radius 3 is 2.72 bits per heavy atom. The molecule has 3 aromatic heterocycles. The average Bonchev–Trinajstić information content (AvgIpc) is 3.35. The zero-order valence-corrected chi connectivity index (χ0v) is 19.3. The second-order valence-corrected chi connectivity index (χ2v) is 9.30. The first-order valence-electron chi connectivity index (χ1n) is 10.6. The van der Waals surface area contributed by atoms with E-state index in [-0.39, 0.29) is 5.91 Å². The van der Waals surface area contributed by atoms with Crippen LogP contribution in [-0.2, 0) is 11.3 Å². The van der Waals surface area contributed by atoms with Gasteiger partial charge in [0.1, 0.15) is 17.6 Å². The van der Waals surface area contributed by atoms with Crippen molar-refractivity contribution in [2.24, 2.45) is 0 Å². The number of nitrogens with zero attached hydrogens (tertiary/aromatic N) is 5. The minimum absolute atomic E-state index is 0.137. The fourth-order valence-corrected chi connectivity index (χ4v) is 5.69. The maximum absolute atomic E-state index is 11.7. The first-order valence-corrected chi connectivity index (χ1v) is 11.4. The predicted octanol–water partition coefficient (Wildman–Crippen LogP) is 3.17. The molecule has 0 aliphatic carbocycles. The fourth-order valence-electron chi connectivity index (χ4n) is 4.48. The molecule has 32 heavy (non-hydrogen) atoms. The maximum Gasteiger partial charge on any atom is 0.219 e. The lowest BCUT2D eigenvalue weighted by Gasteiger charge is -2.34. The van der Waals surface area contributed by atoms with Crippen LogP contribution >= 0.6 is 11.3 Å². The number of amides is 1. The molecule has 5 rings (SSSR count). The van der Waals surface area contributed by atoms with Crippen LogP contribution in [0.3, 0.4) is 0 Å². The van der Waals surface area contributed by atoms with Gasteiger partial charge in [-0.15, -0.1) is 11.3 Å². The van der Waals surface area contributed by atoms with Crippen molar-refractivity contribution in [3.8, 4) is 16.2 Å². The number of aromatic nitrogens is 3. The lowest BCUT2D eigenvalue weighted by atomic mass is 10.1. The van der Waals surface area contributed by atoms with Crippen LogP contribution in [0.15, 0.2) is 30.7 Å². The van der Waals surface area contributed by atoms with Crippen LogP contribution in [0.1, 0.15) is 18.1 Å². The minimum atomic E-state index is 0.137. The Morgan fingerprint density at radius 2 is 2.00 bits per heavy atom. The number of nitrogen functional groups attached to an aromatic ring is 1. The van der Waals surface area contributed by atoms with Gasteiger partial charge >= 0.3 is 0 Å². The molecule has 0 bridgehead atoms. The fraction of sp³-hybridized carbons (Fsp3) is 0.348. The van der Waals surface area contributed by atoms with E-state index in [0.717, 1.165) is 75.6 Å². The van der Waals surface area contributed by atoms with E-state index in [0.29, 0.717) is 5.82 Å². The SMILES string of the molecule is COc1cc(C)cc2cc(-c3c(CN4CCN(C(C)=O)CC4)cn4ncnc(N)c34)sc12. The number of benzene rings is 1. The van der Waals surface area contributed by atoms with Gasteiger partial charge in [-0.05, 0) is 35.6 Å². The van der Waals surface area contributed by atoms with E-state index in [1.165, 1.54) is 6.33 Å². The molecule has 1 aromatic carbocycles. The molecule has 1 aliphatic heterocycles. The number of hydrogen-bond donors (Lipinski definition) is 1. The zero-order valence-electron chi connectivity index (χ0n) is 18.5. The molecule has 4 heterocycles. The molecule has 1 fully saturated rings. The molecule has 0 spiro atoms. The summed E-state index contributed by atoms with van der Waals surface area (Å²) in [6.07, 6.45) is 3.53. The number of aryl methyl sites for hydroxylation is 1. The molecule has 0 unspecified atom stereocenters. The highest BCUT2D eigenvalue weighted by molar-refractivity contribution is 7.22. The van der Waals surface area contributed by atoms with Crippen molar-refractivity contribution in [1.82, 2.24) is 24.4 Å². The Labute approximate surface area is 190 Å². The van der Waals surface area contributed by atoms with Crippen LogP contribution in [0.2, 0.25) is 0 Å². The molecular formula is C23H26N6O2S. The molecule has 8 nitrogen and oxygen atoms in total. The van der Waals surface area contributed by atoms with E-state index in [1.807, 2.05) is 15.6 Å². The van der Waals surface area contributed by atoms with Gasteiger partial charge in [-0.2, -0.15) is 5.10 Å². The van der Waals surface area contributed by atoms with E-state index in [1.54, 1.807) is 25.4 Å². The summed E-state index contributed by atoms with van der Waals surface area (Å²) >= 11 is 1.70. The molecule has 0 atom stereocenters. The molecule has 1 saturated heterocycles. The van der Waals surface area contributed by atoms with Gasteiger partial charge in [0, 0.05) is 56.3 Å². The number of anilines is 1. The van der Waals surface area contributed by atoms with Crippen molar-refractivity contribution in [3.63, 3.8) is 0 Å². The smallest absolute Gasteiger partial charge is 0.219 e. The van der Waals surface area contributed by atoms with Crippen molar-refractivity contribution in [1.29, 1.82) is 0 Å². The number of methoxy groups -OCH3 is 1. The van der Waals surface area contributed by atoms with Crippen LogP contribution in [0, 0.1) is 6.92 Å². The van der Waals surface area contributed by atoms with Crippen molar-refractivity contribution >= 4 is 38.7 Å². The van der Waals surface area contributed by atoms with Crippen LogP contribution in [0.25, 0.3) is 26.0 Å². The number of nitrogens with two attached hydrogens (primary N) is 1. The number of hydrogen-bond acceptors (Lipinski definition) is 7. The van der Waals surface area contributed by atoms with Crippen LogP contribution in [0.4, 0.5) is 5.82 Å². The quantitative estimate of drug-likeness (QED) is 0.514. The summed E-state index contributed by atoms with van der Waals surface area (Å²) < 4.78 is 8.59. The van der Waals surface area contributed by atoms with E-state index in [9.17, 15) is 4.79 Å². The normalized spacial score (nSPS) is 15.0. The molecule has 9 heteroatoms. The first-order chi connectivity index (χ1) is 15.4. The van der Waals surface area contributed by atoms with E-state index >= 15 is 0 Å². The highest BCUT2D eigenvalue weighted by Gasteiger charge is 2.24. The van der Waals surface area contributed by atoms with Crippen LogP contribution in [-0.4, -0.2) is 63.6 Å². The van der Waals surface area contributed by atoms with Gasteiger partial charge < -0.3 is 15.4 Å². The monoisotopic (exact) mass is 450 g/mol. The van der Waals surface area contributed by atoms with Gasteiger partial charge in [0.2, 0.25) is 5.91 Å². The topological polar surface area (TPSA) is 89.0 Å². The van der Waals surface area contributed by atoms with Crippen molar-refractivity contribution in [2.75, 3.05) is 39.0 Å². The number of rotatable bonds is 4. The van der Waals surface area contributed by atoms with Crippen molar-refractivity contribution in [2.45, 2.75) is 20.4 Å². The maximum atomic E-state index is 11.7. The Balaban J connectivity index is 1.59. The Hall–Kier alpha value is -3.17. The Bertz CT molecular complexity index is 1320. The largest absolute Gasteiger partial charge is 0.495 e. The summed E-state index contributed by atoms with van der Waals surface area (Å²) in [7, 11) is 1.71. The lowest BCUT2D eigenvalue weighted by molar-refractivity contribution is -0.130. The van der Waals surface area contributed by atoms with Crippen LogP contribution in [0.5, 0.6) is 5.75 Å². The summed E-state index contributed by atoms with van der Waals surface area (Å²) in [4.78, 5) is 21.3. The highest BCUT2D eigenvalue weighted by atomic mass is 32.1. The van der Waals surface area contributed by atoms with Gasteiger partial charge in [-0.3, -0.25) is 9.69 Å². The average molecular weight is 451 g/mol. The number of thiophene rings is 1. The Kier molecular flexibility index (Phi) is 5.22. The van der Waals surface area contributed by atoms with E-state index < -0.39 is 0 Å². The number of fused-ring (bicyclic) bond motifs is 2. The van der Waals surface area contributed by atoms with Gasteiger partial charge in [-0.25, -0.2) is 9.50 Å². The first kappa shape index (κ1) is 20.7. The van der Waals surface area contributed by atoms with Crippen molar-refractivity contribution in [3.05, 3.63) is 41.9 Å². The molecule has 2 N–H and O–H groups in total. The van der Waals surface area contributed by atoms with Gasteiger partial charge in [0.25, 0.3) is 0 Å². The lowest BCUT2D eigenvalue weighted by Crippen LogP contribution is -2.47. The minimum Gasteiger partial charge on any atom is -0.495 e. The number of carbonyl (C=O) groups is 1. The van der Waals surface area contributed by atoms with Gasteiger partial charge in [0.05, 0.1) is 11.8 Å². The molecule has 0 radical (unpaired) electrons. The van der Waals surface area contributed by atoms with Gasteiger partial charge in [0.15, 0.2) is 5.82 Å².